The highest BCUT2D eigenvalue weighted by Gasteiger charge is 2.03. The first-order chi connectivity index (χ1) is 7.36. The predicted octanol–water partition coefficient (Wildman–Crippen LogP) is 2.67. The SMILES string of the molecule is CC#CCn1ccc2c(OC)cccc21. The summed E-state index contributed by atoms with van der Waals surface area (Å²) in [6.45, 7) is 2.58. The second-order valence-corrected chi connectivity index (χ2v) is 3.26. The molecule has 0 radical (unpaired) electrons. The zero-order valence-corrected chi connectivity index (χ0v) is 8.95. The van der Waals surface area contributed by atoms with Crippen LogP contribution in [0.1, 0.15) is 6.92 Å². The van der Waals surface area contributed by atoms with Gasteiger partial charge in [-0.05, 0) is 25.1 Å². The van der Waals surface area contributed by atoms with E-state index < -0.39 is 0 Å². The van der Waals surface area contributed by atoms with Crippen LogP contribution in [0.25, 0.3) is 10.9 Å². The van der Waals surface area contributed by atoms with Gasteiger partial charge in [0, 0.05) is 11.6 Å². The van der Waals surface area contributed by atoms with E-state index >= 15 is 0 Å². The van der Waals surface area contributed by atoms with Crippen molar-refractivity contribution in [1.82, 2.24) is 4.57 Å². The molecule has 0 N–H and O–H groups in total. The average Bonchev–Trinajstić information content (AvgIpc) is 2.69. The Morgan fingerprint density at radius 3 is 2.93 bits per heavy atom. The van der Waals surface area contributed by atoms with Crippen LogP contribution in [0.15, 0.2) is 30.5 Å². The first-order valence-corrected chi connectivity index (χ1v) is 4.88. The second kappa shape index (κ2) is 4.10. The number of rotatable bonds is 2. The Labute approximate surface area is 89.5 Å². The second-order valence-electron chi connectivity index (χ2n) is 3.26. The van der Waals surface area contributed by atoms with E-state index in [1.807, 2.05) is 25.3 Å². The van der Waals surface area contributed by atoms with Gasteiger partial charge in [-0.15, -0.1) is 5.92 Å². The molecular formula is C13H13NO. The largest absolute Gasteiger partial charge is 0.496 e. The fraction of sp³-hybridized carbons (Fsp3) is 0.231. The summed E-state index contributed by atoms with van der Waals surface area (Å²) >= 11 is 0. The Kier molecular flexibility index (Phi) is 2.64. The van der Waals surface area contributed by atoms with Crippen LogP contribution in [0.4, 0.5) is 0 Å². The molecule has 0 amide bonds. The average molecular weight is 199 g/mol. The van der Waals surface area contributed by atoms with Crippen molar-refractivity contribution in [2.24, 2.45) is 0 Å². The van der Waals surface area contributed by atoms with Crippen LogP contribution >= 0.6 is 0 Å². The highest BCUT2D eigenvalue weighted by atomic mass is 16.5. The summed E-state index contributed by atoms with van der Waals surface area (Å²) in [5, 5.41) is 1.14. The number of nitrogens with zero attached hydrogens (tertiary/aromatic N) is 1. The van der Waals surface area contributed by atoms with Gasteiger partial charge in [0.15, 0.2) is 0 Å². The molecule has 15 heavy (non-hydrogen) atoms. The van der Waals surface area contributed by atoms with Gasteiger partial charge in [-0.2, -0.15) is 0 Å². The van der Waals surface area contributed by atoms with Crippen molar-refractivity contribution in [1.29, 1.82) is 0 Å². The van der Waals surface area contributed by atoms with Crippen LogP contribution in [0.2, 0.25) is 0 Å². The van der Waals surface area contributed by atoms with Gasteiger partial charge in [-0.1, -0.05) is 12.0 Å². The molecule has 1 aromatic carbocycles. The number of aromatic nitrogens is 1. The van der Waals surface area contributed by atoms with Crippen molar-refractivity contribution in [3.05, 3.63) is 30.5 Å². The zero-order valence-electron chi connectivity index (χ0n) is 8.95. The molecule has 0 saturated heterocycles. The number of fused-ring (bicyclic) bond motifs is 1. The van der Waals surface area contributed by atoms with Crippen molar-refractivity contribution in [2.75, 3.05) is 7.11 Å². The van der Waals surface area contributed by atoms with Gasteiger partial charge >= 0.3 is 0 Å². The van der Waals surface area contributed by atoms with Crippen molar-refractivity contribution >= 4 is 10.9 Å². The van der Waals surface area contributed by atoms with Gasteiger partial charge in [0.05, 0.1) is 19.2 Å². The maximum atomic E-state index is 5.30. The number of ether oxygens (including phenoxy) is 1. The molecule has 0 bridgehead atoms. The molecule has 0 saturated carbocycles. The summed E-state index contributed by atoms with van der Waals surface area (Å²) in [5.41, 5.74) is 1.16. The van der Waals surface area contributed by atoms with Gasteiger partial charge in [-0.3, -0.25) is 0 Å². The van der Waals surface area contributed by atoms with Crippen LogP contribution in [0, 0.1) is 11.8 Å². The molecule has 0 aliphatic carbocycles. The van der Waals surface area contributed by atoms with E-state index in [2.05, 4.69) is 28.5 Å². The highest BCUT2D eigenvalue weighted by Crippen LogP contribution is 2.25. The van der Waals surface area contributed by atoms with Crippen LogP contribution in [0.3, 0.4) is 0 Å². The minimum Gasteiger partial charge on any atom is -0.496 e. The summed E-state index contributed by atoms with van der Waals surface area (Å²) in [7, 11) is 1.69. The summed E-state index contributed by atoms with van der Waals surface area (Å²) < 4.78 is 7.42. The van der Waals surface area contributed by atoms with Crippen LogP contribution < -0.4 is 4.74 Å². The molecular weight excluding hydrogens is 186 g/mol. The van der Waals surface area contributed by atoms with Crippen molar-refractivity contribution in [3.8, 4) is 17.6 Å². The van der Waals surface area contributed by atoms with Crippen molar-refractivity contribution < 1.29 is 4.74 Å². The van der Waals surface area contributed by atoms with E-state index in [0.717, 1.165) is 23.2 Å². The first kappa shape index (κ1) is 9.67. The van der Waals surface area contributed by atoms with Crippen LogP contribution in [-0.4, -0.2) is 11.7 Å². The molecule has 2 aromatic rings. The smallest absolute Gasteiger partial charge is 0.128 e. The van der Waals surface area contributed by atoms with E-state index in [1.165, 1.54) is 0 Å². The van der Waals surface area contributed by atoms with Crippen molar-refractivity contribution in [3.63, 3.8) is 0 Å². The summed E-state index contributed by atoms with van der Waals surface area (Å²) in [4.78, 5) is 0. The molecule has 1 heterocycles. The standard InChI is InChI=1S/C13H13NO/c1-3-4-9-14-10-8-11-12(14)6-5-7-13(11)15-2/h5-8,10H,9H2,1-2H3. The lowest BCUT2D eigenvalue weighted by molar-refractivity contribution is 0.420. The minimum absolute atomic E-state index is 0.729. The van der Waals surface area contributed by atoms with Crippen LogP contribution in [-0.2, 0) is 6.54 Å². The Bertz CT molecular complexity index is 528. The molecule has 2 rings (SSSR count). The molecule has 0 aliphatic rings. The molecule has 0 spiro atoms. The van der Waals surface area contributed by atoms with E-state index in [4.69, 9.17) is 4.74 Å². The number of hydrogen-bond donors (Lipinski definition) is 0. The lowest BCUT2D eigenvalue weighted by atomic mass is 10.2. The topological polar surface area (TPSA) is 14.2 Å². The number of methoxy groups -OCH3 is 1. The maximum Gasteiger partial charge on any atom is 0.128 e. The first-order valence-electron chi connectivity index (χ1n) is 4.88. The Morgan fingerprint density at radius 1 is 1.33 bits per heavy atom. The van der Waals surface area contributed by atoms with Crippen LogP contribution in [0.5, 0.6) is 5.75 Å². The van der Waals surface area contributed by atoms with E-state index in [9.17, 15) is 0 Å². The van der Waals surface area contributed by atoms with Gasteiger partial charge < -0.3 is 9.30 Å². The predicted molar refractivity (Wildman–Crippen MR) is 61.9 cm³/mol. The van der Waals surface area contributed by atoms with E-state index in [-0.39, 0.29) is 0 Å². The Hall–Kier alpha value is -1.88. The van der Waals surface area contributed by atoms with Gasteiger partial charge in [-0.25, -0.2) is 0 Å². The zero-order chi connectivity index (χ0) is 10.7. The van der Waals surface area contributed by atoms with E-state index in [1.54, 1.807) is 7.11 Å². The molecule has 2 heteroatoms. The molecule has 0 unspecified atom stereocenters. The Balaban J connectivity index is 2.54. The normalized spacial score (nSPS) is 9.73. The monoisotopic (exact) mass is 199 g/mol. The maximum absolute atomic E-state index is 5.30. The van der Waals surface area contributed by atoms with E-state index in [0.29, 0.717) is 0 Å². The third-order valence-electron chi connectivity index (χ3n) is 2.42. The van der Waals surface area contributed by atoms with Gasteiger partial charge in [0.25, 0.3) is 0 Å². The Morgan fingerprint density at radius 2 is 2.20 bits per heavy atom. The molecule has 2 nitrogen and oxygen atoms in total. The summed E-state index contributed by atoms with van der Waals surface area (Å²) in [5.74, 6) is 6.86. The summed E-state index contributed by atoms with van der Waals surface area (Å²) in [6, 6.07) is 8.11. The molecule has 0 fully saturated rings. The summed E-state index contributed by atoms with van der Waals surface area (Å²) in [6.07, 6.45) is 2.04. The quantitative estimate of drug-likeness (QED) is 0.678. The lowest BCUT2D eigenvalue weighted by Gasteiger charge is -2.03. The molecule has 76 valence electrons. The molecule has 1 aromatic heterocycles. The number of benzene rings is 1. The van der Waals surface area contributed by atoms with Crippen molar-refractivity contribution in [2.45, 2.75) is 13.5 Å². The minimum atomic E-state index is 0.729. The van der Waals surface area contributed by atoms with Gasteiger partial charge in [0.2, 0.25) is 0 Å². The molecule has 0 atom stereocenters. The third kappa shape index (κ3) is 1.69. The highest BCUT2D eigenvalue weighted by molar-refractivity contribution is 5.86. The fourth-order valence-corrected chi connectivity index (χ4v) is 1.68. The lowest BCUT2D eigenvalue weighted by Crippen LogP contribution is -1.92. The number of hydrogen-bond acceptors (Lipinski definition) is 1. The fourth-order valence-electron chi connectivity index (χ4n) is 1.68. The third-order valence-corrected chi connectivity index (χ3v) is 2.42. The molecule has 0 aliphatic heterocycles. The van der Waals surface area contributed by atoms with Gasteiger partial charge in [0.1, 0.15) is 5.75 Å².